The lowest BCUT2D eigenvalue weighted by molar-refractivity contribution is 0.372. The van der Waals surface area contributed by atoms with Gasteiger partial charge in [0.1, 0.15) is 5.75 Å². The Morgan fingerprint density at radius 3 is 2.61 bits per heavy atom. The number of aliphatic imine (C=N–C) groups is 1. The number of methoxy groups -OCH3 is 1. The molecule has 0 saturated carbocycles. The first kappa shape index (κ1) is 19.7. The lowest BCUT2D eigenvalue weighted by Crippen LogP contribution is -2.36. The standard InChI is InChI=1S/C22H28N4O2/c1-5-23-22(25-14-20-12-21(15(2)3)26-28-20)24-13-16-6-7-18-11-19(27-4)9-8-17(18)10-16/h6-12,15H,5,13-14H2,1-4H3,(H2,23,24,25). The number of aromatic nitrogens is 1. The molecule has 0 aliphatic carbocycles. The van der Waals surface area contributed by atoms with Crippen LogP contribution in [0.2, 0.25) is 0 Å². The van der Waals surface area contributed by atoms with Gasteiger partial charge in [0.2, 0.25) is 0 Å². The van der Waals surface area contributed by atoms with Crippen LogP contribution in [0.4, 0.5) is 0 Å². The van der Waals surface area contributed by atoms with Crippen LogP contribution in [0.3, 0.4) is 0 Å². The normalized spacial score (nSPS) is 11.8. The average molecular weight is 380 g/mol. The van der Waals surface area contributed by atoms with Crippen LogP contribution in [0, 0.1) is 0 Å². The van der Waals surface area contributed by atoms with Crippen molar-refractivity contribution in [1.29, 1.82) is 0 Å². The van der Waals surface area contributed by atoms with Crippen molar-refractivity contribution in [2.45, 2.75) is 39.8 Å². The Balaban J connectivity index is 1.66. The molecule has 0 fully saturated rings. The smallest absolute Gasteiger partial charge is 0.191 e. The van der Waals surface area contributed by atoms with E-state index in [-0.39, 0.29) is 0 Å². The molecule has 0 spiro atoms. The molecule has 0 aliphatic heterocycles. The quantitative estimate of drug-likeness (QED) is 0.474. The second kappa shape index (κ2) is 9.26. The summed E-state index contributed by atoms with van der Waals surface area (Å²) in [5, 5.41) is 13.0. The Bertz CT molecular complexity index is 947. The Morgan fingerprint density at radius 1 is 1.11 bits per heavy atom. The second-order valence-corrected chi connectivity index (χ2v) is 6.97. The third-order valence-electron chi connectivity index (χ3n) is 4.47. The number of benzene rings is 2. The molecular formula is C22H28N4O2. The number of rotatable bonds is 7. The van der Waals surface area contributed by atoms with Gasteiger partial charge in [-0.2, -0.15) is 0 Å². The van der Waals surface area contributed by atoms with Gasteiger partial charge in [-0.3, -0.25) is 0 Å². The molecule has 1 aromatic heterocycles. The summed E-state index contributed by atoms with van der Waals surface area (Å²) < 4.78 is 10.7. The molecule has 0 aliphatic rings. The summed E-state index contributed by atoms with van der Waals surface area (Å²) in [6.07, 6.45) is 0. The van der Waals surface area contributed by atoms with E-state index < -0.39 is 0 Å². The highest BCUT2D eigenvalue weighted by atomic mass is 16.5. The van der Waals surface area contributed by atoms with Gasteiger partial charge in [0.15, 0.2) is 11.7 Å². The first-order chi connectivity index (χ1) is 13.6. The van der Waals surface area contributed by atoms with Crippen molar-refractivity contribution in [2.24, 2.45) is 4.99 Å². The fraction of sp³-hybridized carbons (Fsp3) is 0.364. The summed E-state index contributed by atoms with van der Waals surface area (Å²) in [7, 11) is 1.68. The molecular weight excluding hydrogens is 352 g/mol. The largest absolute Gasteiger partial charge is 0.497 e. The summed E-state index contributed by atoms with van der Waals surface area (Å²) in [6.45, 7) is 8.16. The van der Waals surface area contributed by atoms with Gasteiger partial charge < -0.3 is 19.9 Å². The topological polar surface area (TPSA) is 71.7 Å². The number of nitrogens with zero attached hydrogens (tertiary/aromatic N) is 2. The van der Waals surface area contributed by atoms with Gasteiger partial charge in [-0.1, -0.05) is 37.2 Å². The Hall–Kier alpha value is -3.02. The predicted molar refractivity (Wildman–Crippen MR) is 113 cm³/mol. The number of hydrogen-bond donors (Lipinski definition) is 2. The van der Waals surface area contributed by atoms with Gasteiger partial charge in [0, 0.05) is 12.6 Å². The highest BCUT2D eigenvalue weighted by Gasteiger charge is 2.08. The number of fused-ring (bicyclic) bond motifs is 1. The van der Waals surface area contributed by atoms with E-state index in [0.29, 0.717) is 19.0 Å². The Kier molecular flexibility index (Phi) is 6.53. The van der Waals surface area contributed by atoms with Crippen LogP contribution in [0.1, 0.15) is 43.7 Å². The highest BCUT2D eigenvalue weighted by Crippen LogP contribution is 2.22. The monoisotopic (exact) mass is 380 g/mol. The molecule has 0 saturated heterocycles. The van der Waals surface area contributed by atoms with Gasteiger partial charge in [-0.05, 0) is 47.4 Å². The molecule has 0 unspecified atom stereocenters. The molecule has 0 radical (unpaired) electrons. The van der Waals surface area contributed by atoms with Crippen molar-refractivity contribution in [3.8, 4) is 5.75 Å². The van der Waals surface area contributed by atoms with Crippen molar-refractivity contribution < 1.29 is 9.26 Å². The second-order valence-electron chi connectivity index (χ2n) is 6.97. The van der Waals surface area contributed by atoms with E-state index in [1.54, 1.807) is 7.11 Å². The fourth-order valence-electron chi connectivity index (χ4n) is 2.87. The Morgan fingerprint density at radius 2 is 1.89 bits per heavy atom. The first-order valence-electron chi connectivity index (χ1n) is 9.63. The molecule has 28 heavy (non-hydrogen) atoms. The zero-order valence-corrected chi connectivity index (χ0v) is 17.0. The molecule has 1 heterocycles. The minimum Gasteiger partial charge on any atom is -0.497 e. The van der Waals surface area contributed by atoms with E-state index in [2.05, 4.69) is 58.9 Å². The third-order valence-corrected chi connectivity index (χ3v) is 4.47. The van der Waals surface area contributed by atoms with Crippen LogP contribution in [0.15, 0.2) is 52.0 Å². The minimum absolute atomic E-state index is 0.354. The molecule has 6 nitrogen and oxygen atoms in total. The van der Waals surface area contributed by atoms with Crippen molar-refractivity contribution in [3.63, 3.8) is 0 Å². The number of ether oxygens (including phenoxy) is 1. The zero-order valence-electron chi connectivity index (χ0n) is 17.0. The first-order valence-corrected chi connectivity index (χ1v) is 9.63. The van der Waals surface area contributed by atoms with E-state index in [9.17, 15) is 0 Å². The average Bonchev–Trinajstić information content (AvgIpc) is 3.19. The fourth-order valence-corrected chi connectivity index (χ4v) is 2.87. The molecule has 6 heteroatoms. The minimum atomic E-state index is 0.354. The van der Waals surface area contributed by atoms with Gasteiger partial charge in [-0.15, -0.1) is 0 Å². The van der Waals surface area contributed by atoms with Crippen LogP contribution < -0.4 is 15.4 Å². The lowest BCUT2D eigenvalue weighted by Gasteiger charge is -2.10. The SMILES string of the molecule is CCNC(=NCc1ccc2cc(OC)ccc2c1)NCc1cc(C(C)C)no1. The molecule has 0 amide bonds. The van der Waals surface area contributed by atoms with Gasteiger partial charge >= 0.3 is 0 Å². The van der Waals surface area contributed by atoms with E-state index in [0.717, 1.165) is 40.7 Å². The lowest BCUT2D eigenvalue weighted by atomic mass is 10.1. The van der Waals surface area contributed by atoms with Crippen LogP contribution >= 0.6 is 0 Å². The summed E-state index contributed by atoms with van der Waals surface area (Å²) in [5.74, 6) is 2.77. The van der Waals surface area contributed by atoms with Crippen molar-refractivity contribution >= 4 is 16.7 Å². The summed E-state index contributed by atoms with van der Waals surface area (Å²) >= 11 is 0. The van der Waals surface area contributed by atoms with Crippen molar-refractivity contribution in [3.05, 3.63) is 59.5 Å². The maximum Gasteiger partial charge on any atom is 0.191 e. The van der Waals surface area contributed by atoms with Crippen molar-refractivity contribution in [2.75, 3.05) is 13.7 Å². The van der Waals surface area contributed by atoms with Gasteiger partial charge in [0.25, 0.3) is 0 Å². The zero-order chi connectivity index (χ0) is 19.9. The van der Waals surface area contributed by atoms with Crippen LogP contribution in [-0.4, -0.2) is 24.8 Å². The number of nitrogens with one attached hydrogen (secondary N) is 2. The molecule has 148 valence electrons. The molecule has 2 aromatic carbocycles. The van der Waals surface area contributed by atoms with Gasteiger partial charge in [-0.25, -0.2) is 4.99 Å². The van der Waals surface area contributed by atoms with Crippen LogP contribution in [0.5, 0.6) is 5.75 Å². The van der Waals surface area contributed by atoms with E-state index in [1.807, 2.05) is 25.1 Å². The molecule has 0 bridgehead atoms. The summed E-state index contributed by atoms with van der Waals surface area (Å²) in [4.78, 5) is 4.69. The predicted octanol–water partition coefficient (Wildman–Crippen LogP) is 4.22. The maximum atomic E-state index is 5.38. The van der Waals surface area contributed by atoms with Crippen molar-refractivity contribution in [1.82, 2.24) is 15.8 Å². The van der Waals surface area contributed by atoms with E-state index >= 15 is 0 Å². The van der Waals surface area contributed by atoms with E-state index in [4.69, 9.17) is 9.26 Å². The van der Waals surface area contributed by atoms with E-state index in [1.165, 1.54) is 5.39 Å². The summed E-state index contributed by atoms with van der Waals surface area (Å²) in [5.41, 5.74) is 2.11. The molecule has 3 rings (SSSR count). The Labute approximate surface area is 166 Å². The summed E-state index contributed by atoms with van der Waals surface area (Å²) in [6, 6.07) is 14.4. The third kappa shape index (κ3) is 5.03. The molecule has 0 atom stereocenters. The van der Waals surface area contributed by atoms with Crippen LogP contribution in [-0.2, 0) is 13.1 Å². The van der Waals surface area contributed by atoms with Gasteiger partial charge in [0.05, 0.1) is 25.9 Å². The maximum absolute atomic E-state index is 5.38. The number of hydrogen-bond acceptors (Lipinski definition) is 4. The molecule has 3 aromatic rings. The van der Waals surface area contributed by atoms with Crippen LogP contribution in [0.25, 0.3) is 10.8 Å². The number of guanidine groups is 1. The highest BCUT2D eigenvalue weighted by molar-refractivity contribution is 5.84. The molecule has 2 N–H and O–H groups in total.